The van der Waals surface area contributed by atoms with Gasteiger partial charge >= 0.3 is 0 Å². The van der Waals surface area contributed by atoms with Gasteiger partial charge in [-0.2, -0.15) is 0 Å². The Kier molecular flexibility index (Phi) is 6.33. The van der Waals surface area contributed by atoms with Crippen molar-refractivity contribution >= 4 is 22.7 Å². The molecule has 0 aliphatic heterocycles. The first kappa shape index (κ1) is 22.7. The summed E-state index contributed by atoms with van der Waals surface area (Å²) in [6, 6.07) is 17.6. The van der Waals surface area contributed by atoms with Crippen LogP contribution in [-0.2, 0) is 22.6 Å². The van der Waals surface area contributed by atoms with Crippen LogP contribution in [0.15, 0.2) is 54.6 Å². The van der Waals surface area contributed by atoms with Crippen molar-refractivity contribution in [1.82, 2.24) is 15.8 Å². The Balaban J connectivity index is 1.46. The van der Waals surface area contributed by atoms with Gasteiger partial charge in [0.15, 0.2) is 0 Å². The highest BCUT2D eigenvalue weighted by molar-refractivity contribution is 5.96. The van der Waals surface area contributed by atoms with E-state index in [2.05, 4.69) is 10.3 Å². The van der Waals surface area contributed by atoms with Crippen molar-refractivity contribution in [3.63, 3.8) is 0 Å². The largest absolute Gasteiger partial charge is 0.489 e. The Bertz CT molecular complexity index is 1180. The molecule has 1 saturated carbocycles. The van der Waals surface area contributed by atoms with Gasteiger partial charge in [-0.05, 0) is 63.4 Å². The molecule has 1 fully saturated rings. The minimum Gasteiger partial charge on any atom is -0.489 e. The zero-order valence-electron chi connectivity index (χ0n) is 19.1. The van der Waals surface area contributed by atoms with E-state index in [-0.39, 0.29) is 11.9 Å². The molecule has 1 aromatic heterocycles. The van der Waals surface area contributed by atoms with Crippen LogP contribution in [-0.4, -0.2) is 28.0 Å². The van der Waals surface area contributed by atoms with E-state index in [4.69, 9.17) is 9.94 Å². The number of rotatable bonds is 8. The van der Waals surface area contributed by atoms with Crippen molar-refractivity contribution in [1.29, 1.82) is 0 Å². The third-order valence-corrected chi connectivity index (χ3v) is 6.14. The van der Waals surface area contributed by atoms with E-state index in [1.165, 1.54) is 0 Å². The number of benzene rings is 2. The van der Waals surface area contributed by atoms with Gasteiger partial charge in [-0.1, -0.05) is 30.3 Å². The van der Waals surface area contributed by atoms with E-state index in [0.717, 1.165) is 33.5 Å². The maximum atomic E-state index is 12.8. The molecule has 33 heavy (non-hydrogen) atoms. The predicted molar refractivity (Wildman–Crippen MR) is 125 cm³/mol. The number of aryl methyl sites for hydroxylation is 1. The van der Waals surface area contributed by atoms with Crippen LogP contribution in [0.3, 0.4) is 0 Å². The molecular formula is C26H29N3O4. The molecule has 0 saturated heterocycles. The number of nitrogens with one attached hydrogen (secondary N) is 2. The van der Waals surface area contributed by atoms with Gasteiger partial charge in [0.25, 0.3) is 0 Å². The lowest BCUT2D eigenvalue weighted by Crippen LogP contribution is -2.40. The lowest BCUT2D eigenvalue weighted by atomic mass is 9.92. The fourth-order valence-electron chi connectivity index (χ4n) is 4.40. The number of nitrogens with zero attached hydrogens (tertiary/aromatic N) is 1. The Morgan fingerprint density at radius 2 is 1.91 bits per heavy atom. The van der Waals surface area contributed by atoms with Crippen molar-refractivity contribution in [3.05, 3.63) is 71.4 Å². The van der Waals surface area contributed by atoms with Crippen molar-refractivity contribution in [2.45, 2.75) is 46.3 Å². The summed E-state index contributed by atoms with van der Waals surface area (Å²) in [6.07, 6.45) is 0.822. The topological polar surface area (TPSA) is 101 Å². The maximum Gasteiger partial charge on any atom is 0.247 e. The van der Waals surface area contributed by atoms with Crippen LogP contribution >= 0.6 is 0 Å². The van der Waals surface area contributed by atoms with Gasteiger partial charge in [0.1, 0.15) is 12.4 Å². The first-order valence-corrected chi connectivity index (χ1v) is 11.1. The highest BCUT2D eigenvalue weighted by Crippen LogP contribution is 2.55. The molecule has 0 unspecified atom stereocenters. The van der Waals surface area contributed by atoms with E-state index in [1.807, 2.05) is 75.4 Å². The van der Waals surface area contributed by atoms with Crippen molar-refractivity contribution in [3.8, 4) is 5.75 Å². The number of pyridine rings is 1. The molecular weight excluding hydrogens is 418 g/mol. The quantitative estimate of drug-likeness (QED) is 0.361. The van der Waals surface area contributed by atoms with Gasteiger partial charge in [0.05, 0.1) is 16.8 Å². The molecule has 1 heterocycles. The summed E-state index contributed by atoms with van der Waals surface area (Å²) < 4.78 is 6.03. The summed E-state index contributed by atoms with van der Waals surface area (Å²) in [5.74, 6) is -0.501. The van der Waals surface area contributed by atoms with Crippen LogP contribution in [0, 0.1) is 18.3 Å². The van der Waals surface area contributed by atoms with Crippen molar-refractivity contribution in [2.75, 3.05) is 0 Å². The monoisotopic (exact) mass is 447 g/mol. The van der Waals surface area contributed by atoms with E-state index >= 15 is 0 Å². The van der Waals surface area contributed by atoms with Crippen LogP contribution in [0.4, 0.5) is 0 Å². The Morgan fingerprint density at radius 3 is 2.61 bits per heavy atom. The Morgan fingerprint density at radius 1 is 1.18 bits per heavy atom. The molecule has 7 heteroatoms. The normalized spacial score (nSPS) is 19.4. The summed E-state index contributed by atoms with van der Waals surface area (Å²) in [4.78, 5) is 29.4. The van der Waals surface area contributed by atoms with Gasteiger partial charge in [-0.3, -0.25) is 19.8 Å². The summed E-state index contributed by atoms with van der Waals surface area (Å²) in [5.41, 5.74) is 4.74. The number of amides is 2. The summed E-state index contributed by atoms with van der Waals surface area (Å²) >= 11 is 0. The zero-order valence-corrected chi connectivity index (χ0v) is 19.1. The maximum absolute atomic E-state index is 12.8. The minimum absolute atomic E-state index is 0.0310. The average molecular weight is 448 g/mol. The second-order valence-corrected chi connectivity index (χ2v) is 9.07. The molecule has 172 valence electrons. The summed E-state index contributed by atoms with van der Waals surface area (Å²) in [6.45, 7) is 6.16. The first-order chi connectivity index (χ1) is 15.8. The fourth-order valence-corrected chi connectivity index (χ4v) is 4.40. The molecule has 0 spiro atoms. The predicted octanol–water partition coefficient (Wildman–Crippen LogP) is 3.70. The van der Waals surface area contributed by atoms with E-state index in [9.17, 15) is 9.59 Å². The molecule has 2 amide bonds. The molecule has 3 aromatic rings. The molecule has 1 aliphatic carbocycles. The number of carbonyl (C=O) groups is 2. The van der Waals surface area contributed by atoms with E-state index in [1.54, 1.807) is 5.48 Å². The lowest BCUT2D eigenvalue weighted by Gasteiger charge is -2.19. The number of hydroxylamine groups is 1. The number of aromatic nitrogens is 1. The van der Waals surface area contributed by atoms with Crippen LogP contribution in [0.2, 0.25) is 0 Å². The Hall–Kier alpha value is -3.45. The third kappa shape index (κ3) is 4.83. The number of para-hydroxylation sites is 1. The number of ether oxygens (including phenoxy) is 1. The van der Waals surface area contributed by atoms with Crippen molar-refractivity contribution in [2.24, 2.45) is 11.3 Å². The van der Waals surface area contributed by atoms with Gasteiger partial charge in [-0.15, -0.1) is 0 Å². The fraction of sp³-hybridized carbons (Fsp3) is 0.346. The first-order valence-electron chi connectivity index (χ1n) is 11.1. The molecule has 1 aliphatic rings. The van der Waals surface area contributed by atoms with Gasteiger partial charge < -0.3 is 10.1 Å². The Labute approximate surface area is 193 Å². The standard InChI is InChI=1S/C26H29N3O4/c1-16(2)27-25(31)26(14-22(26)24(30)29-32)13-18-8-10-20(11-9-18)33-15-19-12-17(3)28-23-7-5-4-6-21(19)23/h4-12,16,22,32H,13-15H2,1-3H3,(H,27,31)(H,29,30)/t22-,26+/m1/s1. The van der Waals surface area contributed by atoms with Gasteiger partial charge in [0, 0.05) is 22.7 Å². The average Bonchev–Trinajstić information content (AvgIpc) is 3.52. The van der Waals surface area contributed by atoms with E-state index < -0.39 is 17.2 Å². The second kappa shape index (κ2) is 9.19. The smallest absolute Gasteiger partial charge is 0.247 e. The molecule has 4 rings (SSSR count). The molecule has 0 bridgehead atoms. The lowest BCUT2D eigenvalue weighted by molar-refractivity contribution is -0.135. The van der Waals surface area contributed by atoms with E-state index in [0.29, 0.717) is 19.4 Å². The zero-order chi connectivity index (χ0) is 23.6. The van der Waals surface area contributed by atoms with Gasteiger partial charge in [-0.25, -0.2) is 5.48 Å². The van der Waals surface area contributed by atoms with Crippen molar-refractivity contribution < 1.29 is 19.5 Å². The minimum atomic E-state index is -0.840. The van der Waals surface area contributed by atoms with Crippen LogP contribution in [0.25, 0.3) is 10.9 Å². The summed E-state index contributed by atoms with van der Waals surface area (Å²) in [7, 11) is 0. The van der Waals surface area contributed by atoms with Gasteiger partial charge in [0.2, 0.25) is 11.8 Å². The highest BCUT2D eigenvalue weighted by Gasteiger charge is 2.63. The molecule has 0 radical (unpaired) electrons. The summed E-state index contributed by atoms with van der Waals surface area (Å²) in [5, 5.41) is 13.0. The second-order valence-electron chi connectivity index (χ2n) is 9.07. The number of carbonyl (C=O) groups excluding carboxylic acids is 2. The van der Waals surface area contributed by atoms with Crippen LogP contribution in [0.1, 0.15) is 37.1 Å². The third-order valence-electron chi connectivity index (χ3n) is 6.14. The molecule has 3 N–H and O–H groups in total. The number of fused-ring (bicyclic) bond motifs is 1. The molecule has 7 nitrogen and oxygen atoms in total. The van der Waals surface area contributed by atoms with Crippen LogP contribution < -0.4 is 15.5 Å². The molecule has 2 atom stereocenters. The van der Waals surface area contributed by atoms with Crippen LogP contribution in [0.5, 0.6) is 5.75 Å². The molecule has 2 aromatic carbocycles. The highest BCUT2D eigenvalue weighted by atomic mass is 16.5. The number of hydrogen-bond acceptors (Lipinski definition) is 5. The SMILES string of the molecule is Cc1cc(COc2ccc(C[C@]3(C(=O)NC(C)C)C[C@@H]3C(=O)NO)cc2)c2ccccc2n1. The number of hydrogen-bond donors (Lipinski definition) is 3.